The first kappa shape index (κ1) is 28.5. The molecule has 0 atom stereocenters. The minimum Gasteiger partial charge on any atom is -0.383 e. The van der Waals surface area contributed by atoms with Gasteiger partial charge in [-0.25, -0.2) is 0 Å². The smallest absolute Gasteiger partial charge is 0.383 e. The third-order valence-corrected chi connectivity index (χ3v) is 6.80. The monoisotopic (exact) mass is 556 g/mol. The van der Waals surface area contributed by atoms with E-state index in [-0.39, 0.29) is 24.3 Å². The summed E-state index contributed by atoms with van der Waals surface area (Å²) < 4.78 is 95.7. The summed E-state index contributed by atoms with van der Waals surface area (Å²) >= 11 is 0. The largest absolute Gasteiger partial charge is 0.389 e. The zero-order valence-corrected chi connectivity index (χ0v) is 22.1. The zero-order valence-electron chi connectivity index (χ0n) is 20.4. The van der Waals surface area contributed by atoms with Crippen LogP contribution in [0.1, 0.15) is 41.5 Å². The van der Waals surface area contributed by atoms with E-state index in [1.165, 1.54) is 24.3 Å². The SMILES string of the molecule is Cc1ccccc1C(CCCC(F)(F)F)(c1ccc(OS(C)(=O)=O)cc1)c1ccc(OS(C)(=O)=O)cc1. The molecule has 0 heterocycles. The Labute approximate surface area is 215 Å². The predicted molar refractivity (Wildman–Crippen MR) is 135 cm³/mol. The minimum absolute atomic E-state index is 0.0654. The van der Waals surface area contributed by atoms with E-state index in [0.29, 0.717) is 11.1 Å². The Morgan fingerprint density at radius 3 is 1.49 bits per heavy atom. The van der Waals surface area contributed by atoms with Gasteiger partial charge in [0.05, 0.1) is 12.5 Å². The number of alkyl halides is 3. The Hall–Kier alpha value is -3.05. The van der Waals surface area contributed by atoms with Crippen molar-refractivity contribution >= 4 is 20.2 Å². The molecule has 6 nitrogen and oxygen atoms in total. The number of aryl methyl sites for hydroxylation is 1. The highest BCUT2D eigenvalue weighted by molar-refractivity contribution is 7.86. The predicted octanol–water partition coefficient (Wildman–Crippen LogP) is 5.74. The summed E-state index contributed by atoms with van der Waals surface area (Å²) in [4.78, 5) is 0. The third-order valence-electron chi connectivity index (χ3n) is 5.81. The lowest BCUT2D eigenvalue weighted by molar-refractivity contribution is -0.136. The van der Waals surface area contributed by atoms with Crippen LogP contribution < -0.4 is 8.37 Å². The second kappa shape index (κ2) is 10.7. The molecule has 0 radical (unpaired) electrons. The van der Waals surface area contributed by atoms with Crippen LogP contribution in [-0.4, -0.2) is 35.5 Å². The van der Waals surface area contributed by atoms with E-state index in [1.807, 2.05) is 25.1 Å². The van der Waals surface area contributed by atoms with E-state index in [0.717, 1.165) is 23.6 Å². The molecule has 3 aromatic rings. The molecule has 0 N–H and O–H groups in total. The van der Waals surface area contributed by atoms with Crippen LogP contribution in [0.15, 0.2) is 72.8 Å². The fourth-order valence-electron chi connectivity index (χ4n) is 4.45. The van der Waals surface area contributed by atoms with Crippen molar-refractivity contribution in [1.29, 1.82) is 0 Å². The molecule has 200 valence electrons. The molecule has 0 aliphatic heterocycles. The maximum Gasteiger partial charge on any atom is 0.389 e. The fourth-order valence-corrected chi connectivity index (χ4v) is 5.37. The second-order valence-electron chi connectivity index (χ2n) is 8.81. The molecule has 0 saturated heterocycles. The topological polar surface area (TPSA) is 86.7 Å². The van der Waals surface area contributed by atoms with Crippen molar-refractivity contribution in [3.8, 4) is 11.5 Å². The average molecular weight is 557 g/mol. The normalized spacial score (nSPS) is 12.8. The Morgan fingerprint density at radius 1 is 0.676 bits per heavy atom. The molecule has 0 amide bonds. The van der Waals surface area contributed by atoms with Gasteiger partial charge in [0.2, 0.25) is 0 Å². The summed E-state index contributed by atoms with van der Waals surface area (Å²) in [5, 5.41) is 0. The summed E-state index contributed by atoms with van der Waals surface area (Å²) in [6.07, 6.45) is -3.65. The van der Waals surface area contributed by atoms with Crippen LogP contribution in [-0.2, 0) is 25.7 Å². The van der Waals surface area contributed by atoms with Crippen LogP contribution in [0.2, 0.25) is 0 Å². The van der Waals surface area contributed by atoms with E-state index in [1.54, 1.807) is 30.3 Å². The first-order valence-electron chi connectivity index (χ1n) is 11.2. The minimum atomic E-state index is -4.35. The van der Waals surface area contributed by atoms with Gasteiger partial charge < -0.3 is 8.37 Å². The number of benzene rings is 3. The average Bonchev–Trinajstić information content (AvgIpc) is 2.76. The summed E-state index contributed by atoms with van der Waals surface area (Å²) in [6, 6.07) is 19.6. The maximum absolute atomic E-state index is 13.2. The number of halogens is 3. The lowest BCUT2D eigenvalue weighted by Crippen LogP contribution is -2.31. The molecule has 0 aliphatic rings. The molecule has 11 heteroatoms. The third kappa shape index (κ3) is 7.72. The van der Waals surface area contributed by atoms with Crippen LogP contribution in [0, 0.1) is 6.92 Å². The van der Waals surface area contributed by atoms with Gasteiger partial charge in [-0.3, -0.25) is 0 Å². The molecule has 0 spiro atoms. The zero-order chi connectivity index (χ0) is 27.5. The van der Waals surface area contributed by atoms with E-state index in [9.17, 15) is 30.0 Å². The van der Waals surface area contributed by atoms with Gasteiger partial charge in [-0.2, -0.15) is 30.0 Å². The summed E-state index contributed by atoms with van der Waals surface area (Å²) in [5.41, 5.74) is 1.74. The van der Waals surface area contributed by atoms with Gasteiger partial charge in [-0.15, -0.1) is 0 Å². The van der Waals surface area contributed by atoms with Gasteiger partial charge in [-0.05, 0) is 66.3 Å². The first-order chi connectivity index (χ1) is 17.1. The van der Waals surface area contributed by atoms with Gasteiger partial charge in [0, 0.05) is 11.8 Å². The van der Waals surface area contributed by atoms with E-state index in [4.69, 9.17) is 8.37 Å². The summed E-state index contributed by atoms with van der Waals surface area (Å²) in [5.74, 6) is 0.134. The van der Waals surface area contributed by atoms with Crippen LogP contribution in [0.3, 0.4) is 0 Å². The highest BCUT2D eigenvalue weighted by Gasteiger charge is 2.39. The molecule has 0 bridgehead atoms. The Kier molecular flexibility index (Phi) is 8.28. The Balaban J connectivity index is 2.23. The quantitative estimate of drug-likeness (QED) is 0.234. The molecular formula is C26H27F3O6S2. The number of hydrogen-bond acceptors (Lipinski definition) is 6. The highest BCUT2D eigenvalue weighted by atomic mass is 32.2. The molecule has 0 aliphatic carbocycles. The van der Waals surface area contributed by atoms with E-state index < -0.39 is 38.2 Å². The van der Waals surface area contributed by atoms with Crippen molar-refractivity contribution in [1.82, 2.24) is 0 Å². The summed E-state index contributed by atoms with van der Waals surface area (Å²) in [6.45, 7) is 1.86. The van der Waals surface area contributed by atoms with Gasteiger partial charge in [0.1, 0.15) is 11.5 Å². The Morgan fingerprint density at radius 2 is 1.11 bits per heavy atom. The summed E-state index contributed by atoms with van der Waals surface area (Å²) in [7, 11) is -7.55. The van der Waals surface area contributed by atoms with Crippen molar-refractivity contribution in [2.24, 2.45) is 0 Å². The van der Waals surface area contributed by atoms with Gasteiger partial charge in [-0.1, -0.05) is 48.5 Å². The highest BCUT2D eigenvalue weighted by Crippen LogP contribution is 2.46. The number of rotatable bonds is 10. The maximum atomic E-state index is 13.2. The number of hydrogen-bond donors (Lipinski definition) is 0. The molecule has 0 unspecified atom stereocenters. The molecule has 3 aromatic carbocycles. The van der Waals surface area contributed by atoms with E-state index >= 15 is 0 Å². The van der Waals surface area contributed by atoms with Crippen molar-refractivity contribution in [3.63, 3.8) is 0 Å². The fraction of sp³-hybridized carbons (Fsp3) is 0.308. The van der Waals surface area contributed by atoms with Gasteiger partial charge in [0.15, 0.2) is 0 Å². The van der Waals surface area contributed by atoms with Gasteiger partial charge in [0.25, 0.3) is 0 Å². The van der Waals surface area contributed by atoms with Gasteiger partial charge >= 0.3 is 26.4 Å². The second-order valence-corrected chi connectivity index (χ2v) is 12.0. The van der Waals surface area contributed by atoms with Crippen LogP contribution in [0.5, 0.6) is 11.5 Å². The van der Waals surface area contributed by atoms with Crippen LogP contribution >= 0.6 is 0 Å². The van der Waals surface area contributed by atoms with Crippen LogP contribution in [0.25, 0.3) is 0 Å². The lowest BCUT2D eigenvalue weighted by Gasteiger charge is -2.37. The molecule has 0 aromatic heterocycles. The van der Waals surface area contributed by atoms with Crippen molar-refractivity contribution in [2.45, 2.75) is 37.8 Å². The van der Waals surface area contributed by atoms with Crippen molar-refractivity contribution in [2.75, 3.05) is 12.5 Å². The van der Waals surface area contributed by atoms with Crippen LogP contribution in [0.4, 0.5) is 13.2 Å². The Bertz CT molecular complexity index is 1350. The van der Waals surface area contributed by atoms with Crippen molar-refractivity contribution < 1.29 is 38.4 Å². The molecule has 0 fully saturated rings. The lowest BCUT2D eigenvalue weighted by atomic mass is 9.65. The molecule has 3 rings (SSSR count). The van der Waals surface area contributed by atoms with Crippen molar-refractivity contribution in [3.05, 3.63) is 95.1 Å². The first-order valence-corrected chi connectivity index (χ1v) is 14.9. The standard InChI is InChI=1S/C26H27F3O6S2/c1-19-7-4-5-8-24(19)25(17-6-18-26(27,28)29,20-9-13-22(14-10-20)34-36(2,30)31)21-11-15-23(16-12-21)35-37(3,32)33/h4-5,7-16H,6,17-18H2,1-3H3. The molecule has 37 heavy (non-hydrogen) atoms. The molecular weight excluding hydrogens is 529 g/mol. The molecule has 0 saturated carbocycles. The van der Waals surface area contributed by atoms with E-state index in [2.05, 4.69) is 0 Å².